The Hall–Kier alpha value is -3.03. The summed E-state index contributed by atoms with van der Waals surface area (Å²) in [5.41, 5.74) is 1.15. The Kier molecular flexibility index (Phi) is 6.89. The van der Waals surface area contributed by atoms with Crippen LogP contribution in [0.5, 0.6) is 17.5 Å². The minimum atomic E-state index is -0.0937. The van der Waals surface area contributed by atoms with Crippen LogP contribution in [0.2, 0.25) is 0 Å². The lowest BCUT2D eigenvalue weighted by molar-refractivity contribution is 0.0969. The number of nitrogens with one attached hydrogen (secondary N) is 1. The van der Waals surface area contributed by atoms with Crippen LogP contribution in [0.1, 0.15) is 18.4 Å². The number of hydrogen-bond acceptors (Lipinski definition) is 6. The zero-order valence-corrected chi connectivity index (χ0v) is 16.3. The number of likely N-dealkylation sites (tertiary alicyclic amines) is 1. The lowest BCUT2D eigenvalue weighted by Crippen LogP contribution is -2.49. The van der Waals surface area contributed by atoms with E-state index in [2.05, 4.69) is 15.5 Å². The van der Waals surface area contributed by atoms with Gasteiger partial charge in [0.25, 0.3) is 0 Å². The molecule has 1 aromatic heterocycles. The highest BCUT2D eigenvalue weighted by Crippen LogP contribution is 2.18. The van der Waals surface area contributed by atoms with Crippen molar-refractivity contribution in [1.29, 1.82) is 0 Å². The fraction of sp³-hybridized carbons (Fsp3) is 0.450. The summed E-state index contributed by atoms with van der Waals surface area (Å²) in [6, 6.07) is 11.2. The number of hydrogen-bond donors (Lipinski definition) is 1. The van der Waals surface area contributed by atoms with Crippen LogP contribution >= 0.6 is 0 Å². The first-order valence-electron chi connectivity index (χ1n) is 9.38. The first-order valence-corrected chi connectivity index (χ1v) is 9.38. The van der Waals surface area contributed by atoms with Crippen LogP contribution in [0.4, 0.5) is 4.79 Å². The van der Waals surface area contributed by atoms with Gasteiger partial charge in [-0.2, -0.15) is 0 Å². The maximum Gasteiger partial charge on any atom is 0.317 e. The average molecular weight is 386 g/mol. The molecular weight excluding hydrogens is 360 g/mol. The molecule has 1 aliphatic rings. The van der Waals surface area contributed by atoms with Crippen LogP contribution in [0.25, 0.3) is 0 Å². The van der Waals surface area contributed by atoms with Crippen LogP contribution in [0, 0.1) is 0 Å². The number of nitrogens with zero attached hydrogens (tertiary/aromatic N) is 3. The Balaban J connectivity index is 1.44. The van der Waals surface area contributed by atoms with Crippen molar-refractivity contribution in [1.82, 2.24) is 20.4 Å². The summed E-state index contributed by atoms with van der Waals surface area (Å²) in [5.74, 6) is 1.70. The number of piperidine rings is 1. The van der Waals surface area contributed by atoms with Crippen molar-refractivity contribution in [2.45, 2.75) is 25.4 Å². The van der Waals surface area contributed by atoms with Crippen molar-refractivity contribution in [2.24, 2.45) is 0 Å². The maximum absolute atomic E-state index is 12.5. The molecule has 8 heteroatoms. The second kappa shape index (κ2) is 9.77. The molecule has 1 unspecified atom stereocenters. The van der Waals surface area contributed by atoms with Gasteiger partial charge in [-0.25, -0.2) is 4.79 Å². The van der Waals surface area contributed by atoms with Gasteiger partial charge >= 0.3 is 6.03 Å². The summed E-state index contributed by atoms with van der Waals surface area (Å²) in [4.78, 5) is 14.3. The predicted molar refractivity (Wildman–Crippen MR) is 104 cm³/mol. The van der Waals surface area contributed by atoms with Gasteiger partial charge in [0.2, 0.25) is 11.8 Å². The standard InChI is InChI=1S/C20H26N4O4/c1-26-16-7-5-15(6-8-16)11-12-21-20(25)24-13-3-4-17(14-24)28-19-10-9-18(27-2)22-23-19/h5-10,17H,3-4,11-14H2,1-2H3,(H,21,25). The van der Waals surface area contributed by atoms with E-state index in [1.165, 1.54) is 7.11 Å². The zero-order valence-electron chi connectivity index (χ0n) is 16.3. The summed E-state index contributed by atoms with van der Waals surface area (Å²) in [6.07, 6.45) is 2.44. The van der Waals surface area contributed by atoms with Gasteiger partial charge in [0, 0.05) is 25.2 Å². The number of carbonyl (C=O) groups excluding carboxylic acids is 1. The molecule has 1 fully saturated rings. The van der Waals surface area contributed by atoms with Crippen LogP contribution < -0.4 is 19.5 Å². The highest BCUT2D eigenvalue weighted by molar-refractivity contribution is 5.74. The molecule has 2 amide bonds. The van der Waals surface area contributed by atoms with Gasteiger partial charge in [-0.05, 0) is 37.0 Å². The number of ether oxygens (including phenoxy) is 3. The SMILES string of the molecule is COc1ccc(CCNC(=O)N2CCCC(Oc3ccc(OC)nn3)C2)cc1. The average Bonchev–Trinajstić information content (AvgIpc) is 2.75. The Morgan fingerprint density at radius 2 is 1.86 bits per heavy atom. The van der Waals surface area contributed by atoms with Crippen molar-refractivity contribution in [3.05, 3.63) is 42.0 Å². The maximum atomic E-state index is 12.5. The van der Waals surface area contributed by atoms with Crippen molar-refractivity contribution >= 4 is 6.03 Å². The Morgan fingerprint density at radius 3 is 2.54 bits per heavy atom. The molecule has 1 N–H and O–H groups in total. The van der Waals surface area contributed by atoms with E-state index in [0.29, 0.717) is 24.8 Å². The van der Waals surface area contributed by atoms with E-state index in [4.69, 9.17) is 14.2 Å². The van der Waals surface area contributed by atoms with Crippen molar-refractivity contribution in [3.63, 3.8) is 0 Å². The van der Waals surface area contributed by atoms with Gasteiger partial charge < -0.3 is 24.4 Å². The molecule has 2 aromatic rings. The van der Waals surface area contributed by atoms with Gasteiger partial charge in [-0.3, -0.25) is 0 Å². The van der Waals surface area contributed by atoms with Crippen LogP contribution in [-0.2, 0) is 6.42 Å². The fourth-order valence-electron chi connectivity index (χ4n) is 3.09. The third kappa shape index (κ3) is 5.48. The highest BCUT2D eigenvalue weighted by atomic mass is 16.5. The number of amides is 2. The lowest BCUT2D eigenvalue weighted by Gasteiger charge is -2.32. The molecular formula is C20H26N4O4. The van der Waals surface area contributed by atoms with Crippen LogP contribution in [0.3, 0.4) is 0 Å². The van der Waals surface area contributed by atoms with Crippen LogP contribution in [-0.4, -0.2) is 61.1 Å². The lowest BCUT2D eigenvalue weighted by atomic mass is 10.1. The quantitative estimate of drug-likeness (QED) is 0.786. The molecule has 28 heavy (non-hydrogen) atoms. The summed E-state index contributed by atoms with van der Waals surface area (Å²) in [7, 11) is 3.18. The van der Waals surface area contributed by atoms with Gasteiger partial charge in [0.1, 0.15) is 11.9 Å². The number of urea groups is 1. The molecule has 1 atom stereocenters. The van der Waals surface area contributed by atoms with Crippen molar-refractivity contribution in [3.8, 4) is 17.5 Å². The minimum Gasteiger partial charge on any atom is -0.497 e. The third-order valence-corrected chi connectivity index (χ3v) is 4.63. The number of methoxy groups -OCH3 is 2. The van der Waals surface area contributed by atoms with E-state index in [0.717, 1.165) is 37.1 Å². The molecule has 8 nitrogen and oxygen atoms in total. The number of carbonyl (C=O) groups is 1. The first kappa shape index (κ1) is 19.7. The highest BCUT2D eigenvalue weighted by Gasteiger charge is 2.25. The molecule has 0 saturated carbocycles. The largest absolute Gasteiger partial charge is 0.497 e. The summed E-state index contributed by atoms with van der Waals surface area (Å²) in [6.45, 7) is 1.84. The Bertz CT molecular complexity index is 752. The van der Waals surface area contributed by atoms with Gasteiger partial charge in [0.15, 0.2) is 0 Å². The van der Waals surface area contributed by atoms with E-state index in [1.54, 1.807) is 24.1 Å². The topological polar surface area (TPSA) is 85.8 Å². The number of aromatic nitrogens is 2. The summed E-state index contributed by atoms with van der Waals surface area (Å²) < 4.78 is 16.0. The zero-order chi connectivity index (χ0) is 19.8. The fourth-order valence-corrected chi connectivity index (χ4v) is 3.09. The van der Waals surface area contributed by atoms with Crippen LogP contribution in [0.15, 0.2) is 36.4 Å². The van der Waals surface area contributed by atoms with Crippen molar-refractivity contribution in [2.75, 3.05) is 33.9 Å². The number of rotatable bonds is 7. The van der Waals surface area contributed by atoms with Gasteiger partial charge in [-0.1, -0.05) is 12.1 Å². The van der Waals surface area contributed by atoms with E-state index in [-0.39, 0.29) is 12.1 Å². The predicted octanol–water partition coefficient (Wildman–Crippen LogP) is 2.29. The van der Waals surface area contributed by atoms with Gasteiger partial charge in [-0.15, -0.1) is 10.2 Å². The Labute approximate surface area is 164 Å². The summed E-state index contributed by atoms with van der Waals surface area (Å²) >= 11 is 0. The van der Waals surface area contributed by atoms with E-state index >= 15 is 0 Å². The van der Waals surface area contributed by atoms with E-state index in [1.807, 2.05) is 24.3 Å². The molecule has 3 rings (SSSR count). The third-order valence-electron chi connectivity index (χ3n) is 4.63. The second-order valence-electron chi connectivity index (χ2n) is 6.57. The molecule has 2 heterocycles. The molecule has 0 bridgehead atoms. The summed E-state index contributed by atoms with van der Waals surface area (Å²) in [5, 5.41) is 10.9. The second-order valence-corrected chi connectivity index (χ2v) is 6.57. The molecule has 0 radical (unpaired) electrons. The molecule has 1 aliphatic heterocycles. The van der Waals surface area contributed by atoms with Crippen molar-refractivity contribution < 1.29 is 19.0 Å². The van der Waals surface area contributed by atoms with E-state index in [9.17, 15) is 4.79 Å². The smallest absolute Gasteiger partial charge is 0.317 e. The first-order chi connectivity index (χ1) is 13.7. The Morgan fingerprint density at radius 1 is 1.11 bits per heavy atom. The molecule has 0 aliphatic carbocycles. The normalized spacial score (nSPS) is 16.4. The monoisotopic (exact) mass is 386 g/mol. The number of benzene rings is 1. The minimum absolute atomic E-state index is 0.0670. The molecule has 1 saturated heterocycles. The molecule has 150 valence electrons. The van der Waals surface area contributed by atoms with Gasteiger partial charge in [0.05, 0.1) is 20.8 Å². The molecule has 1 aromatic carbocycles. The molecule has 0 spiro atoms. The van der Waals surface area contributed by atoms with E-state index < -0.39 is 0 Å².